The summed E-state index contributed by atoms with van der Waals surface area (Å²) in [5.41, 5.74) is 0. The summed E-state index contributed by atoms with van der Waals surface area (Å²) in [6.45, 7) is 1.30. The molecule has 1 atom stereocenters. The molecule has 6 nitrogen and oxygen atoms in total. The first-order chi connectivity index (χ1) is 10.1. The highest BCUT2D eigenvalue weighted by atomic mass is 32.2. The molecule has 0 spiro atoms. The van der Waals surface area contributed by atoms with Crippen LogP contribution in [0.25, 0.3) is 0 Å². The van der Waals surface area contributed by atoms with Gasteiger partial charge in [-0.05, 0) is 31.9 Å². The van der Waals surface area contributed by atoms with Crippen LogP contribution >= 0.6 is 11.8 Å². The average molecular weight is 316 g/mol. The summed E-state index contributed by atoms with van der Waals surface area (Å²) in [6.07, 6.45) is 6.05. The fourth-order valence-electron chi connectivity index (χ4n) is 2.93. The Morgan fingerprint density at radius 2 is 2.05 bits per heavy atom. The number of amides is 2. The molecule has 0 aromatic rings. The highest BCUT2D eigenvalue weighted by Gasteiger charge is 2.28. The second-order valence-corrected chi connectivity index (χ2v) is 6.83. The molecule has 1 heterocycles. The Hall–Kier alpha value is -0.950. The molecule has 2 rings (SSSR count). The zero-order valence-electron chi connectivity index (χ0n) is 12.4. The van der Waals surface area contributed by atoms with E-state index in [1.807, 2.05) is 11.8 Å². The third kappa shape index (κ3) is 5.07. The van der Waals surface area contributed by atoms with E-state index in [1.54, 1.807) is 4.90 Å². The lowest BCUT2D eigenvalue weighted by Gasteiger charge is -2.35. The Morgan fingerprint density at radius 1 is 1.33 bits per heavy atom. The second-order valence-electron chi connectivity index (χ2n) is 5.70. The highest BCUT2D eigenvalue weighted by Crippen LogP contribution is 2.27. The van der Waals surface area contributed by atoms with Gasteiger partial charge in [0, 0.05) is 24.4 Å². The van der Waals surface area contributed by atoms with E-state index in [-0.39, 0.29) is 18.5 Å². The van der Waals surface area contributed by atoms with Gasteiger partial charge in [-0.1, -0.05) is 0 Å². The van der Waals surface area contributed by atoms with Crippen LogP contribution < -0.4 is 5.32 Å². The van der Waals surface area contributed by atoms with Crippen LogP contribution in [-0.2, 0) is 9.53 Å². The van der Waals surface area contributed by atoms with Gasteiger partial charge in [0.05, 0.1) is 19.1 Å². The van der Waals surface area contributed by atoms with Crippen LogP contribution in [0.4, 0.5) is 4.79 Å². The Kier molecular flexibility index (Phi) is 6.17. The topological polar surface area (TPSA) is 78.9 Å². The summed E-state index contributed by atoms with van der Waals surface area (Å²) in [7, 11) is 0. The van der Waals surface area contributed by atoms with Gasteiger partial charge < -0.3 is 20.1 Å². The van der Waals surface area contributed by atoms with Crippen LogP contribution in [0.1, 0.15) is 32.1 Å². The molecule has 0 aromatic heterocycles. The number of thioether (sulfide) groups is 1. The molecular weight excluding hydrogens is 292 g/mol. The summed E-state index contributed by atoms with van der Waals surface area (Å²) in [4.78, 5) is 24.7. The zero-order valence-corrected chi connectivity index (χ0v) is 13.2. The van der Waals surface area contributed by atoms with E-state index in [4.69, 9.17) is 9.84 Å². The van der Waals surface area contributed by atoms with Crippen LogP contribution in [0.2, 0.25) is 0 Å². The molecule has 2 aliphatic rings. The largest absolute Gasteiger partial charge is 0.481 e. The number of morpholine rings is 1. The van der Waals surface area contributed by atoms with Gasteiger partial charge in [0.15, 0.2) is 0 Å². The molecule has 0 bridgehead atoms. The van der Waals surface area contributed by atoms with Gasteiger partial charge in [0.2, 0.25) is 0 Å². The number of carbonyl (C=O) groups excluding carboxylic acids is 1. The molecule has 2 N–H and O–H groups in total. The summed E-state index contributed by atoms with van der Waals surface area (Å²) < 4.78 is 5.38. The molecule has 1 aliphatic heterocycles. The van der Waals surface area contributed by atoms with E-state index >= 15 is 0 Å². The molecule has 2 amide bonds. The van der Waals surface area contributed by atoms with E-state index in [0.29, 0.717) is 19.7 Å². The van der Waals surface area contributed by atoms with Crippen molar-refractivity contribution in [1.29, 1.82) is 0 Å². The molecular formula is C14H24N2O4S. The van der Waals surface area contributed by atoms with Crippen molar-refractivity contribution in [2.45, 2.75) is 49.5 Å². The molecule has 2 fully saturated rings. The van der Waals surface area contributed by atoms with Gasteiger partial charge in [-0.15, -0.1) is 0 Å². The number of rotatable bonds is 4. The van der Waals surface area contributed by atoms with Crippen molar-refractivity contribution in [1.82, 2.24) is 10.2 Å². The Bertz CT molecular complexity index is 372. The molecule has 1 unspecified atom stereocenters. The average Bonchev–Trinajstić information content (AvgIpc) is 2.47. The number of nitrogens with one attached hydrogen (secondary N) is 1. The summed E-state index contributed by atoms with van der Waals surface area (Å²) in [6, 6.07) is 0.169. The Labute approximate surface area is 129 Å². The van der Waals surface area contributed by atoms with Crippen LogP contribution in [0.15, 0.2) is 0 Å². The smallest absolute Gasteiger partial charge is 0.317 e. The van der Waals surface area contributed by atoms with Crippen LogP contribution in [0.5, 0.6) is 0 Å². The number of urea groups is 1. The zero-order chi connectivity index (χ0) is 15.2. The second kappa shape index (κ2) is 7.89. The minimum Gasteiger partial charge on any atom is -0.481 e. The third-order valence-corrected chi connectivity index (χ3v) is 5.30. The van der Waals surface area contributed by atoms with Crippen LogP contribution in [0.3, 0.4) is 0 Å². The van der Waals surface area contributed by atoms with Gasteiger partial charge in [0.1, 0.15) is 0 Å². The van der Waals surface area contributed by atoms with Gasteiger partial charge in [-0.25, -0.2) is 4.79 Å². The fourth-order valence-corrected chi connectivity index (χ4v) is 3.67. The predicted molar refractivity (Wildman–Crippen MR) is 81.7 cm³/mol. The van der Waals surface area contributed by atoms with Gasteiger partial charge in [0.25, 0.3) is 0 Å². The molecule has 0 radical (unpaired) electrons. The lowest BCUT2D eigenvalue weighted by Crippen LogP contribution is -2.52. The quantitative estimate of drug-likeness (QED) is 0.822. The van der Waals surface area contributed by atoms with Crippen molar-refractivity contribution >= 4 is 23.8 Å². The van der Waals surface area contributed by atoms with Crippen LogP contribution in [0, 0.1) is 0 Å². The normalized spacial score (nSPS) is 30.0. The number of carbonyl (C=O) groups is 2. The minimum absolute atomic E-state index is 0.0530. The number of nitrogens with zero attached hydrogens (tertiary/aromatic N) is 1. The van der Waals surface area contributed by atoms with Crippen LogP contribution in [-0.4, -0.2) is 65.4 Å². The van der Waals surface area contributed by atoms with Crippen molar-refractivity contribution in [3.05, 3.63) is 0 Å². The first-order valence-corrected chi connectivity index (χ1v) is 8.79. The molecule has 21 heavy (non-hydrogen) atoms. The van der Waals surface area contributed by atoms with Crippen molar-refractivity contribution in [2.75, 3.05) is 26.0 Å². The minimum atomic E-state index is -0.891. The maximum Gasteiger partial charge on any atom is 0.317 e. The molecule has 1 saturated carbocycles. The number of carboxylic acid groups (broad SMARTS) is 1. The number of hydrogen-bond donors (Lipinski definition) is 2. The van der Waals surface area contributed by atoms with E-state index in [2.05, 4.69) is 11.6 Å². The lowest BCUT2D eigenvalue weighted by atomic mass is 9.95. The van der Waals surface area contributed by atoms with E-state index in [0.717, 1.165) is 30.9 Å². The first kappa shape index (κ1) is 16.4. The Morgan fingerprint density at radius 3 is 2.67 bits per heavy atom. The number of carboxylic acids is 1. The highest BCUT2D eigenvalue weighted by molar-refractivity contribution is 7.99. The van der Waals surface area contributed by atoms with Crippen molar-refractivity contribution in [2.24, 2.45) is 0 Å². The maximum absolute atomic E-state index is 12.3. The number of aliphatic carboxylic acids is 1. The standard InChI is InChI=1S/C14H24N2O4S/c1-21-12-4-2-10(3-5-12)15-14(19)16-6-7-20-11(9-16)8-13(17)18/h10-12H,2-9H2,1H3,(H,15,19)(H,17,18). The number of hydrogen-bond acceptors (Lipinski definition) is 4. The lowest BCUT2D eigenvalue weighted by molar-refractivity contribution is -0.141. The van der Waals surface area contributed by atoms with E-state index < -0.39 is 12.1 Å². The van der Waals surface area contributed by atoms with Gasteiger partial charge >= 0.3 is 12.0 Å². The Balaban J connectivity index is 1.76. The first-order valence-electron chi connectivity index (χ1n) is 7.50. The van der Waals surface area contributed by atoms with Gasteiger partial charge in [-0.2, -0.15) is 11.8 Å². The van der Waals surface area contributed by atoms with E-state index in [1.165, 1.54) is 0 Å². The number of ether oxygens (including phenoxy) is 1. The summed E-state index contributed by atoms with van der Waals surface area (Å²) >= 11 is 1.91. The molecule has 120 valence electrons. The maximum atomic E-state index is 12.3. The molecule has 1 aliphatic carbocycles. The molecule has 1 saturated heterocycles. The van der Waals surface area contributed by atoms with Crippen molar-refractivity contribution in [3.63, 3.8) is 0 Å². The SMILES string of the molecule is CSC1CCC(NC(=O)N2CCOC(CC(=O)O)C2)CC1. The third-order valence-electron chi connectivity index (χ3n) is 4.16. The molecule has 0 aromatic carbocycles. The van der Waals surface area contributed by atoms with Crippen molar-refractivity contribution < 1.29 is 19.4 Å². The van der Waals surface area contributed by atoms with Gasteiger partial charge in [-0.3, -0.25) is 4.79 Å². The predicted octanol–water partition coefficient (Wildman–Crippen LogP) is 1.55. The summed E-state index contributed by atoms with van der Waals surface area (Å²) in [5.74, 6) is -0.891. The molecule has 7 heteroatoms. The monoisotopic (exact) mass is 316 g/mol. The summed E-state index contributed by atoms with van der Waals surface area (Å²) in [5, 5.41) is 12.6. The van der Waals surface area contributed by atoms with E-state index in [9.17, 15) is 9.59 Å². The fraction of sp³-hybridized carbons (Fsp3) is 0.857. The van der Waals surface area contributed by atoms with Crippen molar-refractivity contribution in [3.8, 4) is 0 Å².